The van der Waals surface area contributed by atoms with Crippen molar-refractivity contribution in [2.45, 2.75) is 106 Å². The number of nitrogens with one attached hydrogen (secondary N) is 3. The van der Waals surface area contributed by atoms with Crippen LogP contribution in [0.4, 0.5) is 0 Å². The van der Waals surface area contributed by atoms with Crippen LogP contribution in [0.25, 0.3) is 0 Å². The molecule has 2 heterocycles. The quantitative estimate of drug-likeness (QED) is 0.534. The lowest BCUT2D eigenvalue weighted by Gasteiger charge is -2.26. The summed E-state index contributed by atoms with van der Waals surface area (Å²) in [6.07, 6.45) is 9.19. The average molecular weight is 370 g/mol. The summed E-state index contributed by atoms with van der Waals surface area (Å²) in [6, 6.07) is 0.770. The molecule has 2 saturated heterocycles. The van der Waals surface area contributed by atoms with E-state index in [-0.39, 0.29) is 0 Å². The fourth-order valence-electron chi connectivity index (χ4n) is 3.47. The molecular formula is C23H51N3. The maximum absolute atomic E-state index is 3.43. The number of piperidine rings is 1. The Morgan fingerprint density at radius 3 is 1.15 bits per heavy atom. The summed E-state index contributed by atoms with van der Waals surface area (Å²) in [6.45, 7) is 21.2. The Hall–Kier alpha value is -0.120. The van der Waals surface area contributed by atoms with Crippen LogP contribution in [0.2, 0.25) is 0 Å². The molecule has 2 aliphatic heterocycles. The summed E-state index contributed by atoms with van der Waals surface area (Å²) in [4.78, 5) is 0. The molecule has 3 N–H and O–H groups in total. The number of hydrogen-bond acceptors (Lipinski definition) is 3. The highest BCUT2D eigenvalue weighted by atomic mass is 15.1. The molecule has 1 saturated carbocycles. The molecule has 26 heavy (non-hydrogen) atoms. The van der Waals surface area contributed by atoms with Crippen molar-refractivity contribution in [3.05, 3.63) is 0 Å². The van der Waals surface area contributed by atoms with Gasteiger partial charge in [-0.2, -0.15) is 0 Å². The first-order chi connectivity index (χ1) is 12.4. The molecule has 0 spiro atoms. The van der Waals surface area contributed by atoms with Crippen LogP contribution in [0.15, 0.2) is 0 Å². The average Bonchev–Trinajstić information content (AvgIpc) is 2.65. The van der Waals surface area contributed by atoms with E-state index in [1.54, 1.807) is 0 Å². The summed E-state index contributed by atoms with van der Waals surface area (Å²) in [5, 5.41) is 10.1. The lowest BCUT2D eigenvalue weighted by Crippen LogP contribution is -2.50. The zero-order valence-corrected chi connectivity index (χ0v) is 19.3. The van der Waals surface area contributed by atoms with Crippen LogP contribution in [-0.2, 0) is 0 Å². The molecule has 3 fully saturated rings. The summed E-state index contributed by atoms with van der Waals surface area (Å²) in [5.74, 6) is 3.75. The van der Waals surface area contributed by atoms with Gasteiger partial charge < -0.3 is 16.0 Å². The first-order valence-corrected chi connectivity index (χ1v) is 11.6. The molecule has 3 rings (SSSR count). The Morgan fingerprint density at radius 1 is 0.462 bits per heavy atom. The third-order valence-electron chi connectivity index (χ3n) is 5.76. The molecule has 0 aromatic rings. The molecule has 0 aromatic heterocycles. The molecule has 3 nitrogen and oxygen atoms in total. The van der Waals surface area contributed by atoms with Crippen molar-refractivity contribution < 1.29 is 0 Å². The zero-order valence-electron chi connectivity index (χ0n) is 19.3. The van der Waals surface area contributed by atoms with Gasteiger partial charge in [-0.15, -0.1) is 0 Å². The van der Waals surface area contributed by atoms with E-state index < -0.39 is 0 Å². The Bertz CT molecular complexity index is 206. The fraction of sp³-hybridized carbons (Fsp3) is 1.00. The van der Waals surface area contributed by atoms with E-state index >= 15 is 0 Å². The zero-order chi connectivity index (χ0) is 19.9. The Balaban J connectivity index is 0.000000344. The van der Waals surface area contributed by atoms with E-state index in [1.165, 1.54) is 45.1 Å². The van der Waals surface area contributed by atoms with Crippen LogP contribution in [0.5, 0.6) is 0 Å². The van der Waals surface area contributed by atoms with Crippen molar-refractivity contribution in [1.82, 2.24) is 16.0 Å². The lowest BCUT2D eigenvalue weighted by atomic mass is 9.84. The van der Waals surface area contributed by atoms with Gasteiger partial charge in [0.05, 0.1) is 6.17 Å². The van der Waals surface area contributed by atoms with Crippen molar-refractivity contribution in [3.8, 4) is 0 Å². The summed E-state index contributed by atoms with van der Waals surface area (Å²) < 4.78 is 0. The molecule has 0 bridgehead atoms. The predicted octanol–water partition coefficient (Wildman–Crippen LogP) is 5.41. The van der Waals surface area contributed by atoms with Crippen LogP contribution >= 0.6 is 0 Å². The van der Waals surface area contributed by atoms with Gasteiger partial charge in [-0.25, -0.2) is 0 Å². The van der Waals surface area contributed by atoms with Crippen LogP contribution in [-0.4, -0.2) is 31.8 Å². The van der Waals surface area contributed by atoms with Crippen molar-refractivity contribution in [1.29, 1.82) is 0 Å². The van der Waals surface area contributed by atoms with Crippen LogP contribution in [0, 0.1) is 23.7 Å². The second kappa shape index (κ2) is 15.9. The van der Waals surface area contributed by atoms with E-state index in [0.29, 0.717) is 6.17 Å². The van der Waals surface area contributed by atoms with Crippen molar-refractivity contribution in [2.75, 3.05) is 19.6 Å². The molecule has 3 aliphatic rings. The minimum Gasteiger partial charge on any atom is -0.314 e. The second-order valence-corrected chi connectivity index (χ2v) is 9.00. The first kappa shape index (κ1) is 25.9. The molecule has 0 radical (unpaired) electrons. The number of rotatable bonds is 0. The standard InChI is InChI=1S/C8H16.C7H15N.C6H14N2.C2H6/c1-7-3-5-8(2)6-4-7;1-6-3-4-7(2)8-5-6;1-5-3-7-6(2)8-4-5;1-2/h7-8H,3-6H2,1-2H3;6-8H,3-5H2,1-2H3;5-8H,3-4H2,1-2H3;1-2H3. The topological polar surface area (TPSA) is 36.1 Å². The minimum atomic E-state index is 0.520. The highest BCUT2D eigenvalue weighted by Gasteiger charge is 2.13. The molecule has 2 unspecified atom stereocenters. The van der Waals surface area contributed by atoms with Gasteiger partial charge in [0.1, 0.15) is 0 Å². The Morgan fingerprint density at radius 2 is 0.846 bits per heavy atom. The van der Waals surface area contributed by atoms with Crippen molar-refractivity contribution >= 4 is 0 Å². The molecule has 0 aromatic carbocycles. The molecular weight excluding hydrogens is 318 g/mol. The van der Waals surface area contributed by atoms with Gasteiger partial charge >= 0.3 is 0 Å². The van der Waals surface area contributed by atoms with Gasteiger partial charge in [0.25, 0.3) is 0 Å². The molecule has 1 aliphatic carbocycles. The minimum absolute atomic E-state index is 0.520. The largest absolute Gasteiger partial charge is 0.314 e. The maximum Gasteiger partial charge on any atom is 0.0542 e. The third kappa shape index (κ3) is 14.0. The second-order valence-electron chi connectivity index (χ2n) is 9.00. The molecule has 3 heteroatoms. The highest BCUT2D eigenvalue weighted by Crippen LogP contribution is 2.27. The summed E-state index contributed by atoms with van der Waals surface area (Å²) in [7, 11) is 0. The van der Waals surface area contributed by atoms with Crippen LogP contribution < -0.4 is 16.0 Å². The third-order valence-corrected chi connectivity index (χ3v) is 5.76. The van der Waals surface area contributed by atoms with Crippen molar-refractivity contribution in [3.63, 3.8) is 0 Å². The van der Waals surface area contributed by atoms with E-state index in [1.807, 2.05) is 13.8 Å². The van der Waals surface area contributed by atoms with Gasteiger partial charge in [0, 0.05) is 19.1 Å². The smallest absolute Gasteiger partial charge is 0.0542 e. The molecule has 0 amide bonds. The maximum atomic E-state index is 3.43. The van der Waals surface area contributed by atoms with Gasteiger partial charge in [0.2, 0.25) is 0 Å². The van der Waals surface area contributed by atoms with E-state index in [2.05, 4.69) is 57.5 Å². The van der Waals surface area contributed by atoms with E-state index in [9.17, 15) is 0 Å². The Kier molecular flexibility index (Phi) is 15.8. The lowest BCUT2D eigenvalue weighted by molar-refractivity contribution is 0.308. The SMILES string of the molecule is CC.CC1CCC(C)CC1.CC1CCC(C)NC1.CC1CNC(C)NC1. The van der Waals surface area contributed by atoms with Crippen LogP contribution in [0.1, 0.15) is 93.9 Å². The van der Waals surface area contributed by atoms with Gasteiger partial charge in [0.15, 0.2) is 0 Å². The van der Waals surface area contributed by atoms with E-state index in [0.717, 1.165) is 42.8 Å². The molecule has 2 atom stereocenters. The van der Waals surface area contributed by atoms with E-state index in [4.69, 9.17) is 0 Å². The van der Waals surface area contributed by atoms with Gasteiger partial charge in [-0.3, -0.25) is 0 Å². The predicted molar refractivity (Wildman–Crippen MR) is 119 cm³/mol. The van der Waals surface area contributed by atoms with Gasteiger partial charge in [-0.1, -0.05) is 67.2 Å². The van der Waals surface area contributed by atoms with Crippen LogP contribution in [0.3, 0.4) is 0 Å². The fourth-order valence-corrected chi connectivity index (χ4v) is 3.47. The monoisotopic (exact) mass is 369 g/mol. The molecule has 158 valence electrons. The summed E-state index contributed by atoms with van der Waals surface area (Å²) >= 11 is 0. The van der Waals surface area contributed by atoms with Gasteiger partial charge in [-0.05, 0) is 56.9 Å². The number of hydrogen-bond donors (Lipinski definition) is 3. The highest BCUT2D eigenvalue weighted by molar-refractivity contribution is 4.71. The summed E-state index contributed by atoms with van der Waals surface area (Å²) in [5.41, 5.74) is 0. The normalized spacial score (nSPS) is 36.9. The Labute approximate surface area is 165 Å². The van der Waals surface area contributed by atoms with Crippen molar-refractivity contribution in [2.24, 2.45) is 23.7 Å². The first-order valence-electron chi connectivity index (χ1n) is 11.6.